The molecule has 4 heterocycles. The second kappa shape index (κ2) is 7.95. The first kappa shape index (κ1) is 20.4. The highest BCUT2D eigenvalue weighted by atomic mass is 16.2. The first-order valence-electron chi connectivity index (χ1n) is 11.4. The molecule has 0 spiro atoms. The third kappa shape index (κ3) is 3.20. The van der Waals surface area contributed by atoms with E-state index in [0.29, 0.717) is 11.9 Å². The average molecular weight is 450 g/mol. The normalized spacial score (nSPS) is 15.6. The molecule has 0 unspecified atom stereocenters. The summed E-state index contributed by atoms with van der Waals surface area (Å²) in [6.45, 7) is 2.27. The lowest BCUT2D eigenvalue weighted by atomic mass is 9.94. The predicted molar refractivity (Wildman–Crippen MR) is 131 cm³/mol. The van der Waals surface area contributed by atoms with Crippen molar-refractivity contribution < 1.29 is 4.79 Å². The van der Waals surface area contributed by atoms with Gasteiger partial charge in [0.05, 0.1) is 16.8 Å². The summed E-state index contributed by atoms with van der Waals surface area (Å²) in [7, 11) is 0. The van der Waals surface area contributed by atoms with E-state index >= 15 is 0 Å². The standard InChI is InChI=1S/C27H23N5O2/c1-17-18-8-2-3-10-21(18)27(34)32(30-17)16-24(33)31-15-13-20-19-9-4-5-11-22(19)29-25(20)26(31)23-12-6-7-14-28-23/h2-12,14,26,29H,13,15-16H2,1H3/t26-/m0/s1. The van der Waals surface area contributed by atoms with Crippen LogP contribution in [0.3, 0.4) is 0 Å². The Morgan fingerprint density at radius 1 is 1.00 bits per heavy atom. The first-order chi connectivity index (χ1) is 16.6. The zero-order chi connectivity index (χ0) is 23.2. The summed E-state index contributed by atoms with van der Waals surface area (Å²) in [6.07, 6.45) is 2.47. The van der Waals surface area contributed by atoms with Crippen molar-refractivity contribution in [3.63, 3.8) is 0 Å². The minimum atomic E-state index is -0.359. The van der Waals surface area contributed by atoms with E-state index in [1.807, 2.05) is 60.4 Å². The van der Waals surface area contributed by atoms with Crippen molar-refractivity contribution in [2.75, 3.05) is 6.54 Å². The SMILES string of the molecule is Cc1nn(CC(=O)N2CCc3c([nH]c4ccccc34)[C@@H]2c2ccccn2)c(=O)c2ccccc12. The third-order valence-corrected chi connectivity index (χ3v) is 6.66. The van der Waals surface area contributed by atoms with Gasteiger partial charge in [0.15, 0.2) is 0 Å². The smallest absolute Gasteiger partial charge is 0.275 e. The van der Waals surface area contributed by atoms with Crippen LogP contribution in [0.4, 0.5) is 0 Å². The van der Waals surface area contributed by atoms with Gasteiger partial charge < -0.3 is 9.88 Å². The number of nitrogens with zero attached hydrogens (tertiary/aromatic N) is 4. The van der Waals surface area contributed by atoms with E-state index in [2.05, 4.69) is 27.2 Å². The summed E-state index contributed by atoms with van der Waals surface area (Å²) >= 11 is 0. The number of aromatic nitrogens is 4. The molecule has 168 valence electrons. The molecule has 1 aliphatic heterocycles. The van der Waals surface area contributed by atoms with Crippen molar-refractivity contribution in [2.24, 2.45) is 0 Å². The van der Waals surface area contributed by atoms with Crippen LogP contribution >= 0.6 is 0 Å². The second-order valence-electron chi connectivity index (χ2n) is 8.65. The number of nitrogens with one attached hydrogen (secondary N) is 1. The van der Waals surface area contributed by atoms with Gasteiger partial charge in [0, 0.05) is 34.7 Å². The molecule has 1 amide bonds. The Labute approximate surface area is 195 Å². The van der Waals surface area contributed by atoms with Gasteiger partial charge in [-0.05, 0) is 43.2 Å². The van der Waals surface area contributed by atoms with Gasteiger partial charge in [0.25, 0.3) is 5.56 Å². The van der Waals surface area contributed by atoms with Crippen LogP contribution in [0.15, 0.2) is 77.7 Å². The maximum absolute atomic E-state index is 13.7. The molecule has 0 saturated heterocycles. The first-order valence-corrected chi connectivity index (χ1v) is 11.4. The fraction of sp³-hybridized carbons (Fsp3) is 0.185. The predicted octanol–water partition coefficient (Wildman–Crippen LogP) is 3.76. The van der Waals surface area contributed by atoms with Crippen LogP contribution in [0, 0.1) is 6.92 Å². The summed E-state index contributed by atoms with van der Waals surface area (Å²) in [5, 5.41) is 7.00. The van der Waals surface area contributed by atoms with Crippen molar-refractivity contribution in [1.82, 2.24) is 24.6 Å². The summed E-state index contributed by atoms with van der Waals surface area (Å²) < 4.78 is 1.29. The van der Waals surface area contributed by atoms with Crippen molar-refractivity contribution in [3.8, 4) is 0 Å². The summed E-state index contributed by atoms with van der Waals surface area (Å²) in [6, 6.07) is 20.9. The van der Waals surface area contributed by atoms with Gasteiger partial charge in [-0.2, -0.15) is 5.10 Å². The zero-order valence-corrected chi connectivity index (χ0v) is 18.7. The molecule has 7 nitrogen and oxygen atoms in total. The maximum Gasteiger partial charge on any atom is 0.275 e. The number of benzene rings is 2. The molecule has 1 atom stereocenters. The number of rotatable bonds is 3. The molecule has 0 aliphatic carbocycles. The van der Waals surface area contributed by atoms with E-state index in [1.165, 1.54) is 15.6 Å². The molecule has 7 heteroatoms. The highest BCUT2D eigenvalue weighted by Crippen LogP contribution is 2.37. The van der Waals surface area contributed by atoms with Gasteiger partial charge in [0.1, 0.15) is 12.6 Å². The molecule has 0 fully saturated rings. The highest BCUT2D eigenvalue weighted by molar-refractivity contribution is 5.87. The Balaban J connectivity index is 1.43. The van der Waals surface area contributed by atoms with Crippen LogP contribution in [0.2, 0.25) is 0 Å². The molecule has 5 aromatic rings. The third-order valence-electron chi connectivity index (χ3n) is 6.66. The number of carbonyl (C=O) groups is 1. The van der Waals surface area contributed by atoms with Gasteiger partial charge in [-0.15, -0.1) is 0 Å². The van der Waals surface area contributed by atoms with Crippen molar-refractivity contribution in [2.45, 2.75) is 25.9 Å². The van der Waals surface area contributed by atoms with E-state index in [-0.39, 0.29) is 24.1 Å². The van der Waals surface area contributed by atoms with Crippen LogP contribution in [0.5, 0.6) is 0 Å². The summed E-state index contributed by atoms with van der Waals surface area (Å²) in [4.78, 5) is 36.7. The lowest BCUT2D eigenvalue weighted by Crippen LogP contribution is -2.44. The topological polar surface area (TPSA) is 83.9 Å². The van der Waals surface area contributed by atoms with Crippen LogP contribution < -0.4 is 5.56 Å². The fourth-order valence-electron chi connectivity index (χ4n) is 5.09. The van der Waals surface area contributed by atoms with E-state index < -0.39 is 0 Å². The van der Waals surface area contributed by atoms with E-state index in [0.717, 1.165) is 34.4 Å². The number of carbonyl (C=O) groups excluding carboxylic acids is 1. The number of hydrogen-bond donors (Lipinski definition) is 1. The van der Waals surface area contributed by atoms with Crippen LogP contribution in [-0.2, 0) is 17.8 Å². The number of H-pyrrole nitrogens is 1. The van der Waals surface area contributed by atoms with Gasteiger partial charge in [-0.3, -0.25) is 14.6 Å². The molecule has 34 heavy (non-hydrogen) atoms. The Kier molecular flexibility index (Phi) is 4.76. The second-order valence-corrected chi connectivity index (χ2v) is 8.65. The van der Waals surface area contributed by atoms with Gasteiger partial charge in [-0.25, -0.2) is 4.68 Å². The fourth-order valence-corrected chi connectivity index (χ4v) is 5.09. The van der Waals surface area contributed by atoms with Gasteiger partial charge in [0.2, 0.25) is 5.91 Å². The monoisotopic (exact) mass is 449 g/mol. The number of fused-ring (bicyclic) bond motifs is 4. The summed E-state index contributed by atoms with van der Waals surface area (Å²) in [5.41, 5.74) is 4.50. The van der Waals surface area contributed by atoms with Crippen molar-refractivity contribution in [3.05, 3.63) is 106 Å². The van der Waals surface area contributed by atoms with Crippen LogP contribution in [0.1, 0.15) is 28.7 Å². The van der Waals surface area contributed by atoms with E-state index in [9.17, 15) is 9.59 Å². The molecule has 0 radical (unpaired) electrons. The van der Waals surface area contributed by atoms with Crippen LogP contribution in [-0.4, -0.2) is 37.1 Å². The van der Waals surface area contributed by atoms with Crippen molar-refractivity contribution in [1.29, 1.82) is 0 Å². The molecular weight excluding hydrogens is 426 g/mol. The number of amides is 1. The Bertz CT molecular complexity index is 1600. The number of aromatic amines is 1. The Morgan fingerprint density at radius 2 is 1.74 bits per heavy atom. The zero-order valence-electron chi connectivity index (χ0n) is 18.7. The summed E-state index contributed by atoms with van der Waals surface area (Å²) in [5.74, 6) is -0.163. The number of aryl methyl sites for hydroxylation is 1. The number of para-hydroxylation sites is 1. The molecule has 0 bridgehead atoms. The number of pyridine rings is 1. The molecule has 6 rings (SSSR count). The lowest BCUT2D eigenvalue weighted by Gasteiger charge is -2.35. The largest absolute Gasteiger partial charge is 0.356 e. The van der Waals surface area contributed by atoms with E-state index in [1.54, 1.807) is 12.3 Å². The number of hydrogen-bond acceptors (Lipinski definition) is 4. The van der Waals surface area contributed by atoms with Crippen molar-refractivity contribution >= 4 is 27.6 Å². The molecule has 1 aliphatic rings. The molecule has 1 N–H and O–H groups in total. The molecular formula is C27H23N5O2. The highest BCUT2D eigenvalue weighted by Gasteiger charge is 2.35. The van der Waals surface area contributed by atoms with E-state index in [4.69, 9.17) is 0 Å². The maximum atomic E-state index is 13.7. The Hall–Kier alpha value is -4.26. The molecule has 3 aromatic heterocycles. The molecule has 2 aromatic carbocycles. The lowest BCUT2D eigenvalue weighted by molar-refractivity contribution is -0.134. The van der Waals surface area contributed by atoms with Crippen LogP contribution in [0.25, 0.3) is 21.7 Å². The van der Waals surface area contributed by atoms with Gasteiger partial charge in [-0.1, -0.05) is 42.5 Å². The minimum Gasteiger partial charge on any atom is -0.356 e. The quantitative estimate of drug-likeness (QED) is 0.455. The Morgan fingerprint density at radius 3 is 2.53 bits per heavy atom. The van der Waals surface area contributed by atoms with Gasteiger partial charge >= 0.3 is 0 Å². The average Bonchev–Trinajstić information content (AvgIpc) is 3.26. The minimum absolute atomic E-state index is 0.122. The molecule has 0 saturated carbocycles.